The number of hydrogen-bond donors (Lipinski definition) is 0. The number of carbonyl (C=O) groups excluding carboxylic acids is 1. The van der Waals surface area contributed by atoms with Gasteiger partial charge in [0.05, 0.1) is 0 Å². The minimum absolute atomic E-state index is 0.0854. The molecule has 1 aliphatic carbocycles. The molecule has 1 aliphatic rings. The Kier molecular flexibility index (Phi) is 3.70. The second-order valence-corrected chi connectivity index (χ2v) is 6.31. The standard InChI is InChI=1S/C17H22O/c1-17(2,3)15-11-14(12-16(15)18)10-9-13-7-5-4-6-8-13/h4-8,12,15H,9-11H2,1-3H3/t15-/m0/s1. The van der Waals surface area contributed by atoms with Crippen LogP contribution in [0.3, 0.4) is 0 Å². The van der Waals surface area contributed by atoms with Gasteiger partial charge in [-0.2, -0.15) is 0 Å². The fourth-order valence-electron chi connectivity index (χ4n) is 2.58. The van der Waals surface area contributed by atoms with E-state index < -0.39 is 0 Å². The SMILES string of the molecule is CC(C)(C)[C@H]1CC(CCc2ccccc2)=CC1=O. The van der Waals surface area contributed by atoms with Crippen LogP contribution in [0.25, 0.3) is 0 Å². The number of benzene rings is 1. The third-order valence-corrected chi connectivity index (χ3v) is 3.78. The fourth-order valence-corrected chi connectivity index (χ4v) is 2.58. The predicted molar refractivity (Wildman–Crippen MR) is 75.4 cm³/mol. The topological polar surface area (TPSA) is 17.1 Å². The van der Waals surface area contributed by atoms with Crippen LogP contribution in [0, 0.1) is 11.3 Å². The van der Waals surface area contributed by atoms with Crippen LogP contribution in [0.5, 0.6) is 0 Å². The summed E-state index contributed by atoms with van der Waals surface area (Å²) in [6, 6.07) is 10.5. The molecule has 0 amide bonds. The van der Waals surface area contributed by atoms with Gasteiger partial charge < -0.3 is 0 Å². The molecule has 0 N–H and O–H groups in total. The Bertz CT molecular complexity index is 448. The van der Waals surface area contributed by atoms with E-state index in [-0.39, 0.29) is 11.3 Å². The van der Waals surface area contributed by atoms with Gasteiger partial charge in [0, 0.05) is 5.92 Å². The van der Waals surface area contributed by atoms with Crippen LogP contribution in [0.1, 0.15) is 39.2 Å². The molecule has 0 unspecified atom stereocenters. The molecule has 0 radical (unpaired) electrons. The predicted octanol–water partition coefficient (Wildman–Crippen LogP) is 4.18. The molecule has 18 heavy (non-hydrogen) atoms. The summed E-state index contributed by atoms with van der Waals surface area (Å²) in [5.74, 6) is 0.508. The molecule has 0 saturated heterocycles. The van der Waals surface area contributed by atoms with Crippen LogP contribution in [0.4, 0.5) is 0 Å². The summed E-state index contributed by atoms with van der Waals surface area (Å²) in [7, 11) is 0. The lowest BCUT2D eigenvalue weighted by Gasteiger charge is -2.25. The molecule has 0 bridgehead atoms. The molecule has 1 heteroatoms. The van der Waals surface area contributed by atoms with Crippen molar-refractivity contribution in [3.05, 3.63) is 47.5 Å². The van der Waals surface area contributed by atoms with Crippen molar-refractivity contribution in [2.24, 2.45) is 11.3 Å². The molecular formula is C17H22O. The summed E-state index contributed by atoms with van der Waals surface area (Å²) in [4.78, 5) is 12.0. The first kappa shape index (κ1) is 13.1. The van der Waals surface area contributed by atoms with Crippen LogP contribution >= 0.6 is 0 Å². The van der Waals surface area contributed by atoms with E-state index in [0.29, 0.717) is 5.78 Å². The highest BCUT2D eigenvalue weighted by molar-refractivity contribution is 5.95. The van der Waals surface area contributed by atoms with Crippen LogP contribution in [0.15, 0.2) is 42.0 Å². The first-order valence-electron chi connectivity index (χ1n) is 6.74. The second kappa shape index (κ2) is 5.09. The van der Waals surface area contributed by atoms with E-state index in [4.69, 9.17) is 0 Å². The number of aryl methyl sites for hydroxylation is 1. The first-order valence-corrected chi connectivity index (χ1v) is 6.74. The van der Waals surface area contributed by atoms with Crippen LogP contribution in [-0.2, 0) is 11.2 Å². The first-order chi connectivity index (χ1) is 8.47. The van der Waals surface area contributed by atoms with Crippen molar-refractivity contribution in [1.29, 1.82) is 0 Å². The molecule has 0 aliphatic heterocycles. The Balaban J connectivity index is 1.93. The van der Waals surface area contributed by atoms with Gasteiger partial charge in [0.25, 0.3) is 0 Å². The minimum Gasteiger partial charge on any atom is -0.295 e. The summed E-state index contributed by atoms with van der Waals surface area (Å²) < 4.78 is 0. The average molecular weight is 242 g/mol. The van der Waals surface area contributed by atoms with Gasteiger partial charge in [0.1, 0.15) is 0 Å². The van der Waals surface area contributed by atoms with Gasteiger partial charge in [-0.1, -0.05) is 56.7 Å². The normalized spacial score (nSPS) is 20.1. The molecule has 1 nitrogen and oxygen atoms in total. The number of rotatable bonds is 3. The molecule has 0 spiro atoms. The maximum Gasteiger partial charge on any atom is 0.159 e. The van der Waals surface area contributed by atoms with E-state index in [1.165, 1.54) is 11.1 Å². The van der Waals surface area contributed by atoms with E-state index >= 15 is 0 Å². The number of hydrogen-bond acceptors (Lipinski definition) is 1. The lowest BCUT2D eigenvalue weighted by atomic mass is 9.78. The van der Waals surface area contributed by atoms with Crippen LogP contribution in [0.2, 0.25) is 0 Å². The second-order valence-electron chi connectivity index (χ2n) is 6.31. The molecule has 1 aromatic carbocycles. The quantitative estimate of drug-likeness (QED) is 0.777. The summed E-state index contributed by atoms with van der Waals surface area (Å²) in [6.07, 6.45) is 4.90. The minimum atomic E-state index is 0.0854. The summed E-state index contributed by atoms with van der Waals surface area (Å²) in [5.41, 5.74) is 2.76. The molecule has 0 saturated carbocycles. The van der Waals surface area contributed by atoms with Gasteiger partial charge in [-0.05, 0) is 36.3 Å². The monoisotopic (exact) mass is 242 g/mol. The third-order valence-electron chi connectivity index (χ3n) is 3.78. The molecule has 2 rings (SSSR count). The number of carbonyl (C=O) groups is 1. The van der Waals surface area contributed by atoms with Crippen LogP contribution < -0.4 is 0 Å². The third kappa shape index (κ3) is 3.10. The van der Waals surface area contributed by atoms with Crippen molar-refractivity contribution in [2.75, 3.05) is 0 Å². The van der Waals surface area contributed by atoms with Gasteiger partial charge in [-0.3, -0.25) is 4.79 Å². The van der Waals surface area contributed by atoms with E-state index in [0.717, 1.165) is 19.3 Å². The largest absolute Gasteiger partial charge is 0.295 e. The highest BCUT2D eigenvalue weighted by Crippen LogP contribution is 2.37. The zero-order valence-corrected chi connectivity index (χ0v) is 11.6. The Morgan fingerprint density at radius 1 is 1.11 bits per heavy atom. The smallest absolute Gasteiger partial charge is 0.159 e. The van der Waals surface area contributed by atoms with Gasteiger partial charge in [-0.25, -0.2) is 0 Å². The number of ketones is 1. The molecule has 1 aromatic rings. The van der Waals surface area contributed by atoms with E-state index in [2.05, 4.69) is 45.0 Å². The Hall–Kier alpha value is -1.37. The summed E-state index contributed by atoms with van der Waals surface area (Å²) in [6.45, 7) is 6.47. The molecule has 0 aromatic heterocycles. The van der Waals surface area contributed by atoms with E-state index in [9.17, 15) is 4.79 Å². The molecule has 0 heterocycles. The van der Waals surface area contributed by atoms with Crippen molar-refractivity contribution < 1.29 is 4.79 Å². The summed E-state index contributed by atoms with van der Waals surface area (Å²) >= 11 is 0. The molecule has 1 atom stereocenters. The lowest BCUT2D eigenvalue weighted by molar-refractivity contribution is -0.120. The van der Waals surface area contributed by atoms with Gasteiger partial charge in [-0.15, -0.1) is 0 Å². The zero-order chi connectivity index (χ0) is 13.2. The fraction of sp³-hybridized carbons (Fsp3) is 0.471. The molecule has 0 fully saturated rings. The number of allylic oxidation sites excluding steroid dienone is 2. The Morgan fingerprint density at radius 3 is 2.33 bits per heavy atom. The Morgan fingerprint density at radius 2 is 1.78 bits per heavy atom. The van der Waals surface area contributed by atoms with E-state index in [1.807, 2.05) is 12.1 Å². The van der Waals surface area contributed by atoms with E-state index in [1.54, 1.807) is 0 Å². The molecular weight excluding hydrogens is 220 g/mol. The maximum absolute atomic E-state index is 12.0. The van der Waals surface area contributed by atoms with Crippen molar-refractivity contribution in [1.82, 2.24) is 0 Å². The molecule has 96 valence electrons. The summed E-state index contributed by atoms with van der Waals surface area (Å²) in [5, 5.41) is 0. The van der Waals surface area contributed by atoms with Crippen molar-refractivity contribution in [3.8, 4) is 0 Å². The van der Waals surface area contributed by atoms with Crippen molar-refractivity contribution in [3.63, 3.8) is 0 Å². The van der Waals surface area contributed by atoms with Gasteiger partial charge in [0.15, 0.2) is 5.78 Å². The van der Waals surface area contributed by atoms with Gasteiger partial charge in [0.2, 0.25) is 0 Å². The highest BCUT2D eigenvalue weighted by atomic mass is 16.1. The maximum atomic E-state index is 12.0. The van der Waals surface area contributed by atoms with Crippen molar-refractivity contribution in [2.45, 2.75) is 40.0 Å². The Labute approximate surface area is 110 Å². The van der Waals surface area contributed by atoms with Crippen LogP contribution in [-0.4, -0.2) is 5.78 Å². The highest BCUT2D eigenvalue weighted by Gasteiger charge is 2.34. The lowest BCUT2D eigenvalue weighted by Crippen LogP contribution is -2.24. The van der Waals surface area contributed by atoms with Crippen molar-refractivity contribution >= 4 is 5.78 Å². The van der Waals surface area contributed by atoms with Gasteiger partial charge >= 0.3 is 0 Å². The average Bonchev–Trinajstić information content (AvgIpc) is 2.69. The zero-order valence-electron chi connectivity index (χ0n) is 11.6.